The van der Waals surface area contributed by atoms with Gasteiger partial charge >= 0.3 is 0 Å². The molecule has 0 aliphatic rings. The van der Waals surface area contributed by atoms with Crippen molar-refractivity contribution in [1.82, 2.24) is 0 Å². The summed E-state index contributed by atoms with van der Waals surface area (Å²) in [5.74, 6) is 4.08. The van der Waals surface area contributed by atoms with Crippen molar-refractivity contribution < 1.29 is 26.3 Å². The summed E-state index contributed by atoms with van der Waals surface area (Å²) in [6, 6.07) is 10.9. The lowest BCUT2D eigenvalue weighted by molar-refractivity contribution is 0.517. The molecule has 4 rings (SSSR count). The monoisotopic (exact) mass is 506 g/mol. The molecule has 0 radical (unpaired) electrons. The summed E-state index contributed by atoms with van der Waals surface area (Å²) in [7, 11) is 0. The highest BCUT2D eigenvalue weighted by Crippen LogP contribution is 2.22. The first-order chi connectivity index (χ1) is 17.8. The lowest BCUT2D eigenvalue weighted by Gasteiger charge is -2.04. The molecular weight excluding hydrogens is 486 g/mol. The van der Waals surface area contributed by atoms with E-state index in [1.807, 2.05) is 6.92 Å². The molecule has 0 nitrogen and oxygen atoms in total. The molecule has 186 valence electrons. The Morgan fingerprint density at radius 1 is 0.568 bits per heavy atom. The van der Waals surface area contributed by atoms with Crippen LogP contribution in [0.2, 0.25) is 0 Å². The molecule has 0 aliphatic carbocycles. The van der Waals surface area contributed by atoms with E-state index >= 15 is 0 Å². The van der Waals surface area contributed by atoms with Gasteiger partial charge in [-0.25, -0.2) is 26.3 Å². The van der Waals surface area contributed by atoms with Crippen LogP contribution in [0.1, 0.15) is 54.0 Å². The van der Waals surface area contributed by atoms with Gasteiger partial charge in [-0.1, -0.05) is 55.6 Å². The largest absolute Gasteiger partial charge is 0.206 e. The van der Waals surface area contributed by atoms with Gasteiger partial charge in [0, 0.05) is 16.5 Å². The molecule has 0 bridgehead atoms. The van der Waals surface area contributed by atoms with Crippen molar-refractivity contribution in [2.45, 2.75) is 32.6 Å². The SMILES string of the molecule is CCCCCc1cc(F)c(C#Cc2cc(F)c(C#Cc3ccc4c(F)c(F)ccc4c3)c(F)c2)c(F)c1. The van der Waals surface area contributed by atoms with E-state index in [4.69, 9.17) is 0 Å². The van der Waals surface area contributed by atoms with Crippen LogP contribution >= 0.6 is 0 Å². The fourth-order valence-corrected chi connectivity index (χ4v) is 3.85. The van der Waals surface area contributed by atoms with Crippen molar-refractivity contribution in [2.75, 3.05) is 0 Å². The highest BCUT2D eigenvalue weighted by atomic mass is 19.2. The zero-order chi connectivity index (χ0) is 26.5. The zero-order valence-electron chi connectivity index (χ0n) is 19.8. The van der Waals surface area contributed by atoms with E-state index in [0.29, 0.717) is 22.9 Å². The van der Waals surface area contributed by atoms with Gasteiger partial charge in [-0.05, 0) is 66.3 Å². The van der Waals surface area contributed by atoms with E-state index in [0.717, 1.165) is 37.5 Å². The smallest absolute Gasteiger partial charge is 0.166 e. The Labute approximate surface area is 211 Å². The van der Waals surface area contributed by atoms with E-state index in [1.54, 1.807) is 0 Å². The molecule has 0 spiro atoms. The topological polar surface area (TPSA) is 0 Å². The van der Waals surface area contributed by atoms with E-state index < -0.39 is 46.0 Å². The van der Waals surface area contributed by atoms with E-state index in [2.05, 4.69) is 23.7 Å². The van der Waals surface area contributed by atoms with Crippen LogP contribution in [0.5, 0.6) is 0 Å². The van der Waals surface area contributed by atoms with E-state index in [9.17, 15) is 26.3 Å². The third kappa shape index (κ3) is 5.98. The van der Waals surface area contributed by atoms with Crippen LogP contribution in [-0.4, -0.2) is 0 Å². The highest BCUT2D eigenvalue weighted by Gasteiger charge is 2.12. The minimum atomic E-state index is -1.00. The maximum Gasteiger partial charge on any atom is 0.166 e. The summed E-state index contributed by atoms with van der Waals surface area (Å²) in [5, 5.41) is 0.440. The van der Waals surface area contributed by atoms with Crippen LogP contribution in [0.3, 0.4) is 0 Å². The molecule has 0 aliphatic heterocycles. The van der Waals surface area contributed by atoms with Gasteiger partial charge in [0.1, 0.15) is 23.3 Å². The molecule has 0 amide bonds. The summed E-state index contributed by atoms with van der Waals surface area (Å²) >= 11 is 0. The first-order valence-electron chi connectivity index (χ1n) is 11.7. The summed E-state index contributed by atoms with van der Waals surface area (Å²) in [6.07, 6.45) is 3.29. The molecule has 4 aromatic rings. The second-order valence-corrected chi connectivity index (χ2v) is 8.50. The first-order valence-corrected chi connectivity index (χ1v) is 11.7. The van der Waals surface area contributed by atoms with Gasteiger partial charge in [-0.15, -0.1) is 0 Å². The normalized spacial score (nSPS) is 10.6. The molecule has 0 N–H and O–H groups in total. The number of halogens is 6. The molecule has 37 heavy (non-hydrogen) atoms. The fraction of sp³-hybridized carbons (Fsp3) is 0.161. The van der Waals surface area contributed by atoms with Crippen molar-refractivity contribution in [1.29, 1.82) is 0 Å². The minimum Gasteiger partial charge on any atom is -0.206 e. The number of hydrogen-bond acceptors (Lipinski definition) is 0. The van der Waals surface area contributed by atoms with E-state index in [-0.39, 0.29) is 10.9 Å². The third-order valence-electron chi connectivity index (χ3n) is 5.78. The summed E-state index contributed by atoms with van der Waals surface area (Å²) in [6.45, 7) is 2.03. The average molecular weight is 506 g/mol. The van der Waals surface area contributed by atoms with Gasteiger partial charge in [0.05, 0.1) is 11.1 Å². The summed E-state index contributed by atoms with van der Waals surface area (Å²) in [4.78, 5) is 0. The molecule has 0 unspecified atom stereocenters. The number of hydrogen-bond donors (Lipinski definition) is 0. The van der Waals surface area contributed by atoms with Gasteiger partial charge in [0.2, 0.25) is 0 Å². The summed E-state index contributed by atoms with van der Waals surface area (Å²) in [5.41, 5.74) is -0.251. The highest BCUT2D eigenvalue weighted by molar-refractivity contribution is 5.84. The van der Waals surface area contributed by atoms with Crippen LogP contribution in [0, 0.1) is 58.6 Å². The molecule has 0 aromatic heterocycles. The van der Waals surface area contributed by atoms with Gasteiger partial charge in [0.25, 0.3) is 0 Å². The Morgan fingerprint density at radius 3 is 1.78 bits per heavy atom. The Balaban J connectivity index is 1.58. The summed E-state index contributed by atoms with van der Waals surface area (Å²) < 4.78 is 85.2. The number of aryl methyl sites for hydroxylation is 1. The van der Waals surface area contributed by atoms with Crippen LogP contribution in [0.4, 0.5) is 26.3 Å². The lowest BCUT2D eigenvalue weighted by atomic mass is 10.0. The molecule has 4 aromatic carbocycles. The minimum absolute atomic E-state index is 0.0600. The van der Waals surface area contributed by atoms with Gasteiger partial charge in [0.15, 0.2) is 11.6 Å². The number of unbranched alkanes of at least 4 members (excludes halogenated alkanes) is 2. The van der Waals surface area contributed by atoms with Crippen molar-refractivity contribution >= 4 is 10.8 Å². The quantitative estimate of drug-likeness (QED) is 0.149. The van der Waals surface area contributed by atoms with Crippen LogP contribution in [0.25, 0.3) is 10.8 Å². The third-order valence-corrected chi connectivity index (χ3v) is 5.78. The Morgan fingerprint density at radius 2 is 1.16 bits per heavy atom. The molecule has 0 saturated heterocycles. The second-order valence-electron chi connectivity index (χ2n) is 8.50. The average Bonchev–Trinajstić information content (AvgIpc) is 2.85. The van der Waals surface area contributed by atoms with Crippen molar-refractivity contribution in [3.63, 3.8) is 0 Å². The lowest BCUT2D eigenvalue weighted by Crippen LogP contribution is -1.96. The van der Waals surface area contributed by atoms with Gasteiger partial charge in [-0.2, -0.15) is 0 Å². The molecule has 0 atom stereocenters. The van der Waals surface area contributed by atoms with Crippen molar-refractivity contribution in [3.05, 3.63) is 117 Å². The van der Waals surface area contributed by atoms with Crippen LogP contribution in [0.15, 0.2) is 54.6 Å². The second kappa shape index (κ2) is 11.3. The molecular formula is C31H20F6. The Bertz CT molecular complexity index is 1570. The fourth-order valence-electron chi connectivity index (χ4n) is 3.85. The molecule has 6 heteroatoms. The van der Waals surface area contributed by atoms with Crippen molar-refractivity contribution in [3.8, 4) is 23.7 Å². The standard InChI is InChI=1S/C31H20F6/c1-2-3-4-5-20-15-27(33)25(28(34)16-20)12-8-21-17-29(35)24(30(36)18-21)11-7-19-6-10-23-22(14-19)9-13-26(32)31(23)37/h6,9-10,13-18H,2-5H2,1H3. The van der Waals surface area contributed by atoms with Crippen LogP contribution in [-0.2, 0) is 6.42 Å². The maximum atomic E-state index is 14.6. The molecule has 0 fully saturated rings. The number of benzene rings is 4. The van der Waals surface area contributed by atoms with Crippen LogP contribution < -0.4 is 0 Å². The zero-order valence-corrected chi connectivity index (χ0v) is 19.8. The van der Waals surface area contributed by atoms with Gasteiger partial charge < -0.3 is 0 Å². The Kier molecular flexibility index (Phi) is 7.89. The van der Waals surface area contributed by atoms with Gasteiger partial charge in [-0.3, -0.25) is 0 Å². The first kappa shape index (κ1) is 25.9. The number of fused-ring (bicyclic) bond motifs is 1. The molecule has 0 heterocycles. The maximum absolute atomic E-state index is 14.6. The molecule has 0 saturated carbocycles. The van der Waals surface area contributed by atoms with E-state index in [1.165, 1.54) is 36.4 Å². The predicted octanol–water partition coefficient (Wildman–Crippen LogP) is 8.21. The Hall–Kier alpha value is -4.16. The predicted molar refractivity (Wildman–Crippen MR) is 132 cm³/mol. The van der Waals surface area contributed by atoms with Crippen molar-refractivity contribution in [2.24, 2.45) is 0 Å². The number of rotatable bonds is 4.